The Kier molecular flexibility index (Phi) is 4.08. The molecule has 1 N–H and O–H groups in total. The van der Waals surface area contributed by atoms with E-state index in [1.807, 2.05) is 0 Å². The summed E-state index contributed by atoms with van der Waals surface area (Å²) in [5.74, 6) is 6.47. The fourth-order valence-electron chi connectivity index (χ4n) is 7.89. The highest BCUT2D eigenvalue weighted by Crippen LogP contribution is 2.64. The van der Waals surface area contributed by atoms with E-state index in [4.69, 9.17) is 0 Å². The van der Waals surface area contributed by atoms with Crippen molar-refractivity contribution in [2.75, 3.05) is 7.05 Å². The van der Waals surface area contributed by atoms with E-state index in [0.717, 1.165) is 41.5 Å². The van der Waals surface area contributed by atoms with Crippen LogP contribution in [0.25, 0.3) is 0 Å². The third-order valence-electron chi connectivity index (χ3n) is 9.05. The van der Waals surface area contributed by atoms with Crippen LogP contribution in [0.15, 0.2) is 0 Å². The molecule has 0 aromatic rings. The van der Waals surface area contributed by atoms with E-state index in [2.05, 4.69) is 26.2 Å². The Hall–Kier alpha value is -0.0400. The Labute approximate surface area is 138 Å². The molecule has 4 fully saturated rings. The first-order valence-electron chi connectivity index (χ1n) is 10.3. The van der Waals surface area contributed by atoms with Crippen molar-refractivity contribution in [3.8, 4) is 0 Å². The smallest absolute Gasteiger partial charge is 0.00669 e. The minimum absolute atomic E-state index is 0.713. The Bertz CT molecular complexity index is 405. The summed E-state index contributed by atoms with van der Waals surface area (Å²) in [6.45, 7) is 5.12. The maximum absolute atomic E-state index is 3.57. The molecule has 4 saturated carbocycles. The first-order valence-corrected chi connectivity index (χ1v) is 10.3. The Morgan fingerprint density at radius 3 is 2.50 bits per heavy atom. The van der Waals surface area contributed by atoms with Gasteiger partial charge in [-0.05, 0) is 106 Å². The first-order chi connectivity index (χ1) is 10.7. The number of nitrogens with one attached hydrogen (secondary N) is 1. The van der Waals surface area contributed by atoms with Crippen molar-refractivity contribution in [3.63, 3.8) is 0 Å². The fourth-order valence-corrected chi connectivity index (χ4v) is 7.89. The lowest BCUT2D eigenvalue weighted by atomic mass is 9.49. The third kappa shape index (κ3) is 2.21. The van der Waals surface area contributed by atoms with E-state index in [1.54, 1.807) is 32.1 Å². The number of hydrogen-bond acceptors (Lipinski definition) is 1. The fraction of sp³-hybridized carbons (Fsp3) is 1.00. The largest absolute Gasteiger partial charge is 0.317 e. The van der Waals surface area contributed by atoms with E-state index in [-0.39, 0.29) is 0 Å². The predicted molar refractivity (Wildman–Crippen MR) is 93.7 cm³/mol. The summed E-state index contributed by atoms with van der Waals surface area (Å²) in [4.78, 5) is 0. The van der Waals surface area contributed by atoms with Crippen molar-refractivity contribution in [3.05, 3.63) is 0 Å². The molecule has 1 nitrogen and oxygen atoms in total. The van der Waals surface area contributed by atoms with Gasteiger partial charge < -0.3 is 5.32 Å². The van der Waals surface area contributed by atoms with Crippen molar-refractivity contribution in [2.45, 2.75) is 84.1 Å². The Morgan fingerprint density at radius 1 is 0.909 bits per heavy atom. The van der Waals surface area contributed by atoms with Crippen LogP contribution in [-0.4, -0.2) is 13.1 Å². The second-order valence-electron chi connectivity index (χ2n) is 9.46. The maximum Gasteiger partial charge on any atom is 0.00669 e. The topological polar surface area (TPSA) is 12.0 Å². The third-order valence-corrected chi connectivity index (χ3v) is 9.05. The molecule has 4 aliphatic carbocycles. The molecule has 0 spiro atoms. The van der Waals surface area contributed by atoms with Crippen molar-refractivity contribution in [1.82, 2.24) is 5.32 Å². The summed E-state index contributed by atoms with van der Waals surface area (Å²) < 4.78 is 0. The van der Waals surface area contributed by atoms with Crippen molar-refractivity contribution in [1.29, 1.82) is 0 Å². The van der Waals surface area contributed by atoms with Gasteiger partial charge in [0.1, 0.15) is 0 Å². The summed E-state index contributed by atoms with van der Waals surface area (Å²) >= 11 is 0. The first kappa shape index (κ1) is 15.5. The number of fused-ring (bicyclic) bond motifs is 5. The van der Waals surface area contributed by atoms with Crippen LogP contribution in [0.4, 0.5) is 0 Å². The van der Waals surface area contributed by atoms with Crippen LogP contribution in [-0.2, 0) is 0 Å². The van der Waals surface area contributed by atoms with Crippen LogP contribution in [0.1, 0.15) is 78.1 Å². The van der Waals surface area contributed by atoms with Gasteiger partial charge in [0.2, 0.25) is 0 Å². The van der Waals surface area contributed by atoms with Gasteiger partial charge >= 0.3 is 0 Å². The van der Waals surface area contributed by atoms with Gasteiger partial charge in [0.05, 0.1) is 0 Å². The van der Waals surface area contributed by atoms with Gasteiger partial charge in [-0.1, -0.05) is 20.3 Å². The molecule has 0 amide bonds. The van der Waals surface area contributed by atoms with Crippen LogP contribution >= 0.6 is 0 Å². The maximum atomic E-state index is 3.57. The average Bonchev–Trinajstić information content (AvgIpc) is 2.90. The van der Waals surface area contributed by atoms with Gasteiger partial charge in [0, 0.05) is 6.04 Å². The minimum Gasteiger partial charge on any atom is -0.317 e. The van der Waals surface area contributed by atoms with Gasteiger partial charge in [0.25, 0.3) is 0 Å². The molecule has 8 atom stereocenters. The highest BCUT2D eigenvalue weighted by Gasteiger charge is 2.56. The lowest BCUT2D eigenvalue weighted by molar-refractivity contribution is -0.0652. The molecule has 0 aromatic carbocycles. The van der Waals surface area contributed by atoms with Crippen molar-refractivity contribution in [2.24, 2.45) is 40.9 Å². The molecule has 126 valence electrons. The summed E-state index contributed by atoms with van der Waals surface area (Å²) in [7, 11) is 2.17. The molecule has 1 heteroatoms. The molecule has 0 heterocycles. The van der Waals surface area contributed by atoms with Gasteiger partial charge in [-0.3, -0.25) is 0 Å². The molecular weight excluding hydrogens is 266 g/mol. The second-order valence-corrected chi connectivity index (χ2v) is 9.46. The SMILES string of the molecule is CCC1CC[C@H]2[C@@H]3CC[C@@H]4C[C@H](NC)CC[C@@H]4[C@H]3CC[C@]12C. The molecule has 0 saturated heterocycles. The molecule has 22 heavy (non-hydrogen) atoms. The second kappa shape index (κ2) is 5.80. The van der Waals surface area contributed by atoms with Crippen LogP contribution in [0.2, 0.25) is 0 Å². The number of rotatable bonds is 2. The summed E-state index contributed by atoms with van der Waals surface area (Å²) in [6.07, 6.45) is 15.2. The highest BCUT2D eigenvalue weighted by atomic mass is 14.9. The molecule has 0 radical (unpaired) electrons. The Balaban J connectivity index is 1.52. The molecule has 0 bridgehead atoms. The molecule has 4 aliphatic rings. The van der Waals surface area contributed by atoms with Gasteiger partial charge in [0.15, 0.2) is 0 Å². The van der Waals surface area contributed by atoms with Crippen LogP contribution in [0.3, 0.4) is 0 Å². The lowest BCUT2D eigenvalue weighted by Crippen LogP contribution is -2.49. The average molecular weight is 304 g/mol. The van der Waals surface area contributed by atoms with Crippen LogP contribution in [0.5, 0.6) is 0 Å². The summed E-state index contributed by atoms with van der Waals surface area (Å²) in [6, 6.07) is 0.822. The van der Waals surface area contributed by atoms with E-state index < -0.39 is 0 Å². The molecule has 1 unspecified atom stereocenters. The van der Waals surface area contributed by atoms with E-state index >= 15 is 0 Å². The summed E-state index contributed by atoms with van der Waals surface area (Å²) in [5.41, 5.74) is 0.713. The molecule has 4 rings (SSSR count). The van der Waals surface area contributed by atoms with Crippen molar-refractivity contribution >= 4 is 0 Å². The quantitative estimate of drug-likeness (QED) is 0.734. The standard InChI is InChI=1S/C21H37N/c1-4-15-6-10-20-19-8-5-14-13-16(22-3)7-9-17(14)18(19)11-12-21(15,20)2/h14-20,22H,4-13H2,1-3H3/t14-,15?,16-,17+,18-,19-,20+,21-/m1/s1. The normalized spacial score (nSPS) is 54.4. The zero-order chi connectivity index (χ0) is 15.3. The van der Waals surface area contributed by atoms with Gasteiger partial charge in [-0.15, -0.1) is 0 Å². The van der Waals surface area contributed by atoms with E-state index in [1.165, 1.54) is 32.1 Å². The van der Waals surface area contributed by atoms with Crippen LogP contribution < -0.4 is 5.32 Å². The van der Waals surface area contributed by atoms with Crippen LogP contribution in [0, 0.1) is 40.9 Å². The van der Waals surface area contributed by atoms with Gasteiger partial charge in [-0.2, -0.15) is 0 Å². The zero-order valence-electron chi connectivity index (χ0n) is 15.1. The van der Waals surface area contributed by atoms with E-state index in [9.17, 15) is 0 Å². The lowest BCUT2D eigenvalue weighted by Gasteiger charge is -2.56. The number of hydrogen-bond donors (Lipinski definition) is 1. The molecular formula is C21H37N. The highest BCUT2D eigenvalue weighted by molar-refractivity contribution is 5.05. The molecule has 0 aliphatic heterocycles. The zero-order valence-corrected chi connectivity index (χ0v) is 15.1. The summed E-state index contributed by atoms with van der Waals surface area (Å²) in [5, 5.41) is 3.57. The molecule has 0 aromatic heterocycles. The Morgan fingerprint density at radius 2 is 1.73 bits per heavy atom. The monoisotopic (exact) mass is 303 g/mol. The van der Waals surface area contributed by atoms with Gasteiger partial charge in [-0.25, -0.2) is 0 Å². The van der Waals surface area contributed by atoms with Crippen molar-refractivity contribution < 1.29 is 0 Å². The van der Waals surface area contributed by atoms with E-state index in [0.29, 0.717) is 5.41 Å². The minimum atomic E-state index is 0.713. The predicted octanol–water partition coefficient (Wildman–Crippen LogP) is 5.25.